The average molecular weight is 346 g/mol. The minimum absolute atomic E-state index is 0.545. The highest BCUT2D eigenvalue weighted by molar-refractivity contribution is 5.95. The molecule has 24 heavy (non-hydrogen) atoms. The molecule has 0 atom stereocenters. The number of hydrogen-bond acceptors (Lipinski definition) is 10. The molecule has 0 aliphatic carbocycles. The van der Waals surface area contributed by atoms with E-state index in [9.17, 15) is 39.6 Å². The van der Waals surface area contributed by atoms with E-state index in [4.69, 9.17) is 0 Å². The van der Waals surface area contributed by atoms with Gasteiger partial charge >= 0.3 is 11.9 Å². The Morgan fingerprint density at radius 3 is 1.29 bits per heavy atom. The Labute approximate surface area is 136 Å². The van der Waals surface area contributed by atoms with Crippen LogP contribution in [0.1, 0.15) is 12.8 Å². The molecule has 0 saturated carbocycles. The smallest absolute Gasteiger partial charge is 0.306 e. The van der Waals surface area contributed by atoms with Crippen LogP contribution in [0.3, 0.4) is 0 Å². The van der Waals surface area contributed by atoms with Crippen LogP contribution in [0.2, 0.25) is 0 Å². The summed E-state index contributed by atoms with van der Waals surface area (Å²) in [6.45, 7) is 3.94. The van der Waals surface area contributed by atoms with Crippen LogP contribution in [0.5, 0.6) is 0 Å². The number of rotatable bonds is 11. The number of carbonyl (C=O) groups is 4. The first-order valence-electron chi connectivity index (χ1n) is 6.50. The van der Waals surface area contributed by atoms with Crippen molar-refractivity contribution in [1.82, 2.24) is 0 Å². The molecule has 0 aliphatic rings. The maximum atomic E-state index is 11.3. The van der Waals surface area contributed by atoms with Gasteiger partial charge in [-0.05, 0) is 12.2 Å². The third-order valence-electron chi connectivity index (χ3n) is 2.56. The van der Waals surface area contributed by atoms with E-state index in [0.29, 0.717) is 12.2 Å². The van der Waals surface area contributed by atoms with Crippen molar-refractivity contribution in [3.05, 3.63) is 25.3 Å². The van der Waals surface area contributed by atoms with Gasteiger partial charge in [0.2, 0.25) is 11.6 Å². The summed E-state index contributed by atoms with van der Waals surface area (Å²) >= 11 is 0. The molecule has 0 aromatic carbocycles. The van der Waals surface area contributed by atoms with Gasteiger partial charge in [0.05, 0.1) is 12.8 Å². The largest absolute Gasteiger partial charge is 0.459 e. The second kappa shape index (κ2) is 9.03. The zero-order valence-electron chi connectivity index (χ0n) is 12.6. The minimum atomic E-state index is -2.92. The fraction of sp³-hybridized carbons (Fsp3) is 0.429. The maximum Gasteiger partial charge on any atom is 0.306 e. The van der Waals surface area contributed by atoms with E-state index in [2.05, 4.69) is 22.6 Å². The van der Waals surface area contributed by atoms with Gasteiger partial charge in [-0.15, -0.1) is 0 Å². The highest BCUT2D eigenvalue weighted by Crippen LogP contribution is 2.07. The van der Waals surface area contributed by atoms with Gasteiger partial charge in [0.15, 0.2) is 13.2 Å². The summed E-state index contributed by atoms with van der Waals surface area (Å²) in [5, 5.41) is 36.9. The van der Waals surface area contributed by atoms with E-state index >= 15 is 0 Å². The van der Waals surface area contributed by atoms with Crippen molar-refractivity contribution in [3.63, 3.8) is 0 Å². The van der Waals surface area contributed by atoms with Crippen LogP contribution >= 0.6 is 0 Å². The Hall–Kier alpha value is -2.40. The van der Waals surface area contributed by atoms with E-state index in [-0.39, 0.29) is 0 Å². The fourth-order valence-corrected chi connectivity index (χ4v) is 1.18. The fourth-order valence-electron chi connectivity index (χ4n) is 1.18. The van der Waals surface area contributed by atoms with Gasteiger partial charge in [0.25, 0.3) is 11.6 Å². The Balaban J connectivity index is 4.22. The first-order chi connectivity index (χ1) is 11.0. The van der Waals surface area contributed by atoms with E-state index in [1.807, 2.05) is 0 Å². The van der Waals surface area contributed by atoms with Gasteiger partial charge in [-0.2, -0.15) is 0 Å². The number of esters is 2. The van der Waals surface area contributed by atoms with Crippen LogP contribution < -0.4 is 0 Å². The lowest BCUT2D eigenvalue weighted by Crippen LogP contribution is -2.43. The molecule has 0 radical (unpaired) electrons. The molecule has 0 heterocycles. The van der Waals surface area contributed by atoms with Crippen LogP contribution in [0, 0.1) is 0 Å². The summed E-state index contributed by atoms with van der Waals surface area (Å²) in [7, 11) is 0. The maximum absolute atomic E-state index is 11.3. The molecule has 134 valence electrons. The van der Waals surface area contributed by atoms with Gasteiger partial charge in [-0.1, -0.05) is 13.2 Å². The summed E-state index contributed by atoms with van der Waals surface area (Å²) < 4.78 is 8.80. The summed E-state index contributed by atoms with van der Waals surface area (Å²) in [5.74, 6) is -10.3. The first-order valence-corrected chi connectivity index (χ1v) is 6.50. The lowest BCUT2D eigenvalue weighted by atomic mass is 10.2. The molecule has 0 bridgehead atoms. The number of ketones is 2. The first kappa shape index (κ1) is 21.6. The predicted molar refractivity (Wildman–Crippen MR) is 75.9 cm³/mol. The zero-order chi connectivity index (χ0) is 19.0. The molecule has 0 aromatic heterocycles. The van der Waals surface area contributed by atoms with Gasteiger partial charge in [0, 0.05) is 0 Å². The second-order valence-corrected chi connectivity index (χ2v) is 4.59. The highest BCUT2D eigenvalue weighted by Gasteiger charge is 2.34. The molecule has 0 unspecified atom stereocenters. The Bertz CT molecular complexity index is 484. The lowest BCUT2D eigenvalue weighted by Gasteiger charge is -2.18. The molecule has 4 N–H and O–H groups in total. The van der Waals surface area contributed by atoms with Crippen LogP contribution in [0.4, 0.5) is 0 Å². The number of aliphatic hydroxyl groups is 4. The van der Waals surface area contributed by atoms with Gasteiger partial charge in [0.1, 0.15) is 0 Å². The van der Waals surface area contributed by atoms with Crippen molar-refractivity contribution in [2.45, 2.75) is 24.4 Å². The summed E-state index contributed by atoms with van der Waals surface area (Å²) in [6.07, 6.45) is 0.171. The molecular formula is C14H18O10. The van der Waals surface area contributed by atoms with E-state index in [1.165, 1.54) is 0 Å². The van der Waals surface area contributed by atoms with E-state index in [0.717, 1.165) is 0 Å². The summed E-state index contributed by atoms with van der Waals surface area (Å²) in [6, 6.07) is 0. The second-order valence-electron chi connectivity index (χ2n) is 4.59. The van der Waals surface area contributed by atoms with Crippen molar-refractivity contribution in [1.29, 1.82) is 0 Å². The third kappa shape index (κ3) is 7.24. The number of ether oxygens (including phenoxy) is 2. The van der Waals surface area contributed by atoms with Crippen molar-refractivity contribution in [2.24, 2.45) is 0 Å². The van der Waals surface area contributed by atoms with Gasteiger partial charge in [-0.3, -0.25) is 19.2 Å². The molecule has 0 rings (SSSR count). The number of hydrogen-bond donors (Lipinski definition) is 4. The zero-order valence-corrected chi connectivity index (χ0v) is 12.6. The van der Waals surface area contributed by atoms with Gasteiger partial charge < -0.3 is 29.9 Å². The number of carbonyl (C=O) groups excluding carboxylic acids is 4. The Morgan fingerprint density at radius 2 is 1.04 bits per heavy atom. The predicted octanol–water partition coefficient (Wildman–Crippen LogP) is -2.27. The Morgan fingerprint density at radius 1 is 0.750 bits per heavy atom. The molecule has 0 fully saturated rings. The third-order valence-corrected chi connectivity index (χ3v) is 2.56. The topological polar surface area (TPSA) is 168 Å². The standard InChI is InChI=1S/C14H18O10/c1-3-9(15)13(19,20)7-23-11(17)5-6-12(18)24-8-14(21,22)10(16)4-2/h3-4,19-22H,1-2,5-8H2. The molecule has 0 aliphatic heterocycles. The average Bonchev–Trinajstić information content (AvgIpc) is 2.54. The lowest BCUT2D eigenvalue weighted by molar-refractivity contribution is -0.202. The molecule has 0 saturated heterocycles. The van der Waals surface area contributed by atoms with Crippen LogP contribution in [0.25, 0.3) is 0 Å². The van der Waals surface area contributed by atoms with Crippen LogP contribution in [-0.2, 0) is 28.7 Å². The van der Waals surface area contributed by atoms with Gasteiger partial charge in [-0.25, -0.2) is 0 Å². The van der Waals surface area contributed by atoms with Crippen molar-refractivity contribution in [3.8, 4) is 0 Å². The molecule has 0 spiro atoms. The molecule has 0 amide bonds. The van der Waals surface area contributed by atoms with Crippen molar-refractivity contribution >= 4 is 23.5 Å². The minimum Gasteiger partial charge on any atom is -0.459 e. The van der Waals surface area contributed by atoms with Crippen LogP contribution in [0.15, 0.2) is 25.3 Å². The molecular weight excluding hydrogens is 328 g/mol. The van der Waals surface area contributed by atoms with E-state index in [1.54, 1.807) is 0 Å². The SMILES string of the molecule is C=CC(=O)C(O)(O)COC(=O)CCC(=O)OCC(O)(O)C(=O)C=C. The van der Waals surface area contributed by atoms with Crippen LogP contribution in [-0.4, -0.2) is 68.7 Å². The van der Waals surface area contributed by atoms with Crippen molar-refractivity contribution in [2.75, 3.05) is 13.2 Å². The quantitative estimate of drug-likeness (QED) is 0.182. The summed E-state index contributed by atoms with van der Waals surface area (Å²) in [5.41, 5.74) is 0. The molecule has 10 nitrogen and oxygen atoms in total. The normalized spacial score (nSPS) is 11.3. The molecule has 0 aromatic rings. The Kier molecular flexibility index (Phi) is 8.13. The monoisotopic (exact) mass is 346 g/mol. The highest BCUT2D eigenvalue weighted by atomic mass is 16.6. The summed E-state index contributed by atoms with van der Waals surface area (Å²) in [4.78, 5) is 44.6. The van der Waals surface area contributed by atoms with Crippen molar-refractivity contribution < 1.29 is 49.1 Å². The molecule has 10 heteroatoms. The van der Waals surface area contributed by atoms with E-state index < -0.39 is 61.1 Å².